The molecule has 0 bridgehead atoms. The SMILES string of the molecule is Cc1cc2c(C(=O)O)nn(CC(C)(C)O)c2cc1F. The fraction of sp³-hybridized carbons (Fsp3) is 0.385. The number of aryl methyl sites for hydroxylation is 1. The van der Waals surface area contributed by atoms with Crippen LogP contribution >= 0.6 is 0 Å². The molecule has 0 aliphatic carbocycles. The lowest BCUT2D eigenvalue weighted by atomic mass is 10.1. The Morgan fingerprint density at radius 1 is 1.47 bits per heavy atom. The Balaban J connectivity index is 2.71. The van der Waals surface area contributed by atoms with Crippen molar-refractivity contribution in [3.8, 4) is 0 Å². The molecule has 1 heterocycles. The van der Waals surface area contributed by atoms with Crippen molar-refractivity contribution in [3.05, 3.63) is 29.2 Å². The predicted molar refractivity (Wildman–Crippen MR) is 67.7 cm³/mol. The molecule has 0 radical (unpaired) electrons. The lowest BCUT2D eigenvalue weighted by Gasteiger charge is -2.17. The van der Waals surface area contributed by atoms with Crippen LogP contribution in [0.1, 0.15) is 29.9 Å². The van der Waals surface area contributed by atoms with Crippen LogP contribution in [-0.4, -0.2) is 31.6 Å². The van der Waals surface area contributed by atoms with Crippen molar-refractivity contribution in [2.45, 2.75) is 32.9 Å². The number of aliphatic hydroxyl groups is 1. The van der Waals surface area contributed by atoms with E-state index in [-0.39, 0.29) is 12.2 Å². The average Bonchev–Trinajstić information content (AvgIpc) is 2.56. The standard InChI is InChI=1S/C13H15FN2O3/c1-7-4-8-10(5-9(7)14)16(6-13(2,3)19)15-11(8)12(17)18/h4-5,19H,6H2,1-3H3,(H,17,18). The maximum Gasteiger partial charge on any atom is 0.357 e. The van der Waals surface area contributed by atoms with Gasteiger partial charge in [0, 0.05) is 11.5 Å². The maximum absolute atomic E-state index is 13.6. The van der Waals surface area contributed by atoms with Crippen LogP contribution < -0.4 is 0 Å². The summed E-state index contributed by atoms with van der Waals surface area (Å²) in [7, 11) is 0. The third-order valence-corrected chi connectivity index (χ3v) is 2.77. The Hall–Kier alpha value is -1.95. The van der Waals surface area contributed by atoms with E-state index < -0.39 is 17.4 Å². The molecule has 6 heteroatoms. The number of fused-ring (bicyclic) bond motifs is 1. The Morgan fingerprint density at radius 2 is 2.11 bits per heavy atom. The van der Waals surface area contributed by atoms with Gasteiger partial charge in [-0.25, -0.2) is 9.18 Å². The van der Waals surface area contributed by atoms with Gasteiger partial charge >= 0.3 is 5.97 Å². The summed E-state index contributed by atoms with van der Waals surface area (Å²) in [5.41, 5.74) is -0.487. The van der Waals surface area contributed by atoms with E-state index in [9.17, 15) is 14.3 Å². The molecule has 0 fully saturated rings. The van der Waals surface area contributed by atoms with Crippen LogP contribution in [0.2, 0.25) is 0 Å². The number of halogens is 1. The highest BCUT2D eigenvalue weighted by molar-refractivity contribution is 6.01. The molecular formula is C13H15FN2O3. The first-order chi connectivity index (χ1) is 8.69. The number of rotatable bonds is 3. The Bertz CT molecular complexity index is 656. The number of aromatic nitrogens is 2. The summed E-state index contributed by atoms with van der Waals surface area (Å²) >= 11 is 0. The first-order valence-corrected chi connectivity index (χ1v) is 5.81. The minimum absolute atomic E-state index is 0.0826. The van der Waals surface area contributed by atoms with Gasteiger partial charge in [0.2, 0.25) is 0 Å². The molecule has 0 saturated heterocycles. The third kappa shape index (κ3) is 2.58. The van der Waals surface area contributed by atoms with Gasteiger partial charge in [-0.3, -0.25) is 4.68 Å². The quantitative estimate of drug-likeness (QED) is 0.890. The number of aromatic carboxylic acids is 1. The molecule has 2 N–H and O–H groups in total. The largest absolute Gasteiger partial charge is 0.476 e. The predicted octanol–water partition coefficient (Wildman–Crippen LogP) is 1.95. The van der Waals surface area contributed by atoms with Crippen LogP contribution in [0.15, 0.2) is 12.1 Å². The highest BCUT2D eigenvalue weighted by Crippen LogP contribution is 2.24. The first-order valence-electron chi connectivity index (χ1n) is 5.81. The van der Waals surface area contributed by atoms with Gasteiger partial charge in [0.1, 0.15) is 5.82 Å². The molecule has 102 valence electrons. The zero-order valence-electron chi connectivity index (χ0n) is 10.9. The highest BCUT2D eigenvalue weighted by atomic mass is 19.1. The van der Waals surface area contributed by atoms with Crippen molar-refractivity contribution >= 4 is 16.9 Å². The monoisotopic (exact) mass is 266 g/mol. The Labute approximate surface area is 109 Å². The van der Waals surface area contributed by atoms with E-state index in [2.05, 4.69) is 5.10 Å². The number of benzene rings is 1. The fourth-order valence-electron chi connectivity index (χ4n) is 1.95. The molecule has 0 unspecified atom stereocenters. The van der Waals surface area contributed by atoms with Gasteiger partial charge in [-0.15, -0.1) is 0 Å². The normalized spacial score (nSPS) is 12.1. The van der Waals surface area contributed by atoms with Crippen LogP contribution in [0, 0.1) is 12.7 Å². The topological polar surface area (TPSA) is 75.3 Å². The number of hydrogen-bond donors (Lipinski definition) is 2. The van der Waals surface area contributed by atoms with Crippen LogP contribution in [0.5, 0.6) is 0 Å². The molecule has 0 saturated carbocycles. The van der Waals surface area contributed by atoms with E-state index in [0.717, 1.165) is 0 Å². The van der Waals surface area contributed by atoms with Gasteiger partial charge in [0.05, 0.1) is 17.7 Å². The second kappa shape index (κ2) is 4.31. The molecule has 0 aliphatic heterocycles. The number of carboxylic acid groups (broad SMARTS) is 1. The molecule has 1 aromatic heterocycles. The van der Waals surface area contributed by atoms with E-state index in [1.807, 2.05) is 0 Å². The summed E-state index contributed by atoms with van der Waals surface area (Å²) < 4.78 is 14.9. The molecule has 19 heavy (non-hydrogen) atoms. The molecule has 1 aromatic carbocycles. The lowest BCUT2D eigenvalue weighted by molar-refractivity contribution is 0.0576. The summed E-state index contributed by atoms with van der Waals surface area (Å²) in [5, 5.41) is 23.2. The van der Waals surface area contributed by atoms with E-state index in [1.54, 1.807) is 20.8 Å². The van der Waals surface area contributed by atoms with Gasteiger partial charge in [-0.1, -0.05) is 0 Å². The van der Waals surface area contributed by atoms with Crippen LogP contribution in [0.25, 0.3) is 10.9 Å². The second-order valence-electron chi connectivity index (χ2n) is 5.24. The highest BCUT2D eigenvalue weighted by Gasteiger charge is 2.22. The zero-order chi connectivity index (χ0) is 14.4. The van der Waals surface area contributed by atoms with Gasteiger partial charge in [-0.05, 0) is 32.4 Å². The molecule has 5 nitrogen and oxygen atoms in total. The van der Waals surface area contributed by atoms with Crippen LogP contribution in [-0.2, 0) is 6.54 Å². The smallest absolute Gasteiger partial charge is 0.357 e. The summed E-state index contributed by atoms with van der Waals surface area (Å²) in [6, 6.07) is 2.71. The van der Waals surface area contributed by atoms with Crippen LogP contribution in [0.4, 0.5) is 4.39 Å². The Morgan fingerprint density at radius 3 is 2.63 bits per heavy atom. The second-order valence-corrected chi connectivity index (χ2v) is 5.24. The van der Waals surface area contributed by atoms with Crippen molar-refractivity contribution in [2.75, 3.05) is 0 Å². The molecule has 2 rings (SSSR count). The minimum atomic E-state index is -1.18. The zero-order valence-corrected chi connectivity index (χ0v) is 10.9. The average molecular weight is 266 g/mol. The maximum atomic E-state index is 13.6. The van der Waals surface area contributed by atoms with Crippen molar-refractivity contribution in [1.29, 1.82) is 0 Å². The van der Waals surface area contributed by atoms with Gasteiger partial charge in [0.15, 0.2) is 5.69 Å². The molecule has 0 spiro atoms. The van der Waals surface area contributed by atoms with E-state index in [1.165, 1.54) is 16.8 Å². The lowest BCUT2D eigenvalue weighted by Crippen LogP contribution is -2.26. The summed E-state index contributed by atoms with van der Waals surface area (Å²) in [6.45, 7) is 4.80. The fourth-order valence-corrected chi connectivity index (χ4v) is 1.95. The number of hydrogen-bond acceptors (Lipinski definition) is 3. The molecule has 0 atom stereocenters. The number of carbonyl (C=O) groups is 1. The molecule has 0 aliphatic rings. The molecular weight excluding hydrogens is 251 g/mol. The van der Waals surface area contributed by atoms with E-state index in [4.69, 9.17) is 5.11 Å². The third-order valence-electron chi connectivity index (χ3n) is 2.77. The van der Waals surface area contributed by atoms with E-state index >= 15 is 0 Å². The minimum Gasteiger partial charge on any atom is -0.476 e. The van der Waals surface area contributed by atoms with Gasteiger partial charge in [0.25, 0.3) is 0 Å². The van der Waals surface area contributed by atoms with Crippen molar-refractivity contribution < 1.29 is 19.4 Å². The van der Waals surface area contributed by atoms with Crippen molar-refractivity contribution in [1.82, 2.24) is 9.78 Å². The van der Waals surface area contributed by atoms with Gasteiger partial charge < -0.3 is 10.2 Å². The van der Waals surface area contributed by atoms with Crippen molar-refractivity contribution in [3.63, 3.8) is 0 Å². The van der Waals surface area contributed by atoms with Gasteiger partial charge in [-0.2, -0.15) is 5.10 Å². The first kappa shape index (κ1) is 13.5. The summed E-state index contributed by atoms with van der Waals surface area (Å²) in [4.78, 5) is 11.2. The van der Waals surface area contributed by atoms with Crippen LogP contribution in [0.3, 0.4) is 0 Å². The van der Waals surface area contributed by atoms with Crippen molar-refractivity contribution in [2.24, 2.45) is 0 Å². The number of nitrogens with zero attached hydrogens (tertiary/aromatic N) is 2. The number of carboxylic acids is 1. The molecule has 2 aromatic rings. The summed E-state index contributed by atoms with van der Waals surface area (Å²) in [6.07, 6.45) is 0. The Kier molecular flexibility index (Phi) is 3.06. The van der Waals surface area contributed by atoms with E-state index in [0.29, 0.717) is 16.5 Å². The summed E-state index contributed by atoms with van der Waals surface area (Å²) in [5.74, 6) is -1.60. The molecule has 0 amide bonds.